The first-order valence-electron chi connectivity index (χ1n) is 9.17. The molecule has 2 aromatic rings. The molecule has 2 aromatic heterocycles. The number of carbonyl (C=O) groups is 1. The van der Waals surface area contributed by atoms with Gasteiger partial charge < -0.3 is 14.8 Å². The summed E-state index contributed by atoms with van der Waals surface area (Å²) in [6.45, 7) is 1.60. The van der Waals surface area contributed by atoms with Gasteiger partial charge in [-0.15, -0.1) is 0 Å². The number of hydrogen-bond donors (Lipinski definition) is 1. The maximum atomic E-state index is 12.8. The number of hydrogen-bond acceptors (Lipinski definition) is 5. The van der Waals surface area contributed by atoms with Gasteiger partial charge in [0.2, 0.25) is 5.13 Å². The average Bonchev–Trinajstić information content (AvgIpc) is 3.20. The number of rotatable bonds is 4. The highest BCUT2D eigenvalue weighted by Crippen LogP contribution is 2.47. The Morgan fingerprint density at radius 1 is 1.40 bits per heavy atom. The molecular weight excluding hydrogens is 334 g/mol. The lowest BCUT2D eigenvalue weighted by molar-refractivity contribution is 0.0777. The summed E-state index contributed by atoms with van der Waals surface area (Å²) >= 11 is 1.48. The Labute approximate surface area is 151 Å². The van der Waals surface area contributed by atoms with E-state index < -0.39 is 0 Å². The molecule has 2 unspecified atom stereocenters. The molecule has 3 fully saturated rings. The fraction of sp³-hybridized carbons (Fsp3) is 0.611. The number of amides is 1. The average molecular weight is 357 g/mol. The van der Waals surface area contributed by atoms with Crippen LogP contribution >= 0.6 is 11.5 Å². The van der Waals surface area contributed by atoms with Crippen molar-refractivity contribution in [1.29, 1.82) is 0 Å². The Bertz CT molecular complexity index is 810. The number of nitrogens with one attached hydrogen (secondary N) is 1. The van der Waals surface area contributed by atoms with E-state index in [2.05, 4.69) is 9.69 Å². The van der Waals surface area contributed by atoms with Crippen LogP contribution in [0.4, 0.5) is 5.13 Å². The number of carbonyl (C=O) groups excluding carboxylic acids is 1. The molecule has 7 heteroatoms. The first kappa shape index (κ1) is 15.4. The van der Waals surface area contributed by atoms with Crippen molar-refractivity contribution in [2.24, 2.45) is 13.0 Å². The van der Waals surface area contributed by atoms with Crippen molar-refractivity contribution in [3.8, 4) is 0 Å². The van der Waals surface area contributed by atoms with E-state index >= 15 is 0 Å². The summed E-state index contributed by atoms with van der Waals surface area (Å²) in [4.78, 5) is 19.6. The molecule has 132 valence electrons. The first-order chi connectivity index (χ1) is 12.1. The molecule has 25 heavy (non-hydrogen) atoms. The molecule has 3 aliphatic rings. The van der Waals surface area contributed by atoms with Gasteiger partial charge in [-0.3, -0.25) is 4.79 Å². The SMILES string of the molecule is Cn1cccc1C(=O)N1CC2CCC2(Nc2nc(C3CCC3)ns2)C1. The van der Waals surface area contributed by atoms with Crippen LogP contribution in [0.15, 0.2) is 18.3 Å². The number of aromatic nitrogens is 3. The molecule has 6 nitrogen and oxygen atoms in total. The zero-order chi connectivity index (χ0) is 17.0. The van der Waals surface area contributed by atoms with Crippen LogP contribution in [0, 0.1) is 5.92 Å². The number of anilines is 1. The monoisotopic (exact) mass is 357 g/mol. The minimum absolute atomic E-state index is 0.00274. The molecule has 1 amide bonds. The number of nitrogens with zero attached hydrogens (tertiary/aromatic N) is 4. The summed E-state index contributed by atoms with van der Waals surface area (Å²) < 4.78 is 6.45. The third-order valence-corrected chi connectivity index (χ3v) is 7.00. The lowest BCUT2D eigenvalue weighted by atomic mass is 9.69. The summed E-state index contributed by atoms with van der Waals surface area (Å²) in [5.41, 5.74) is 0.761. The lowest BCUT2D eigenvalue weighted by Crippen LogP contribution is -2.53. The standard InChI is InChI=1S/C18H23N5OS/c1-22-9-3-6-14(22)16(24)23-10-13-7-8-18(13,11-23)20-17-19-15(21-25-17)12-4-2-5-12/h3,6,9,12-13H,2,4-5,7-8,10-11H2,1H3,(H,19,20,21). The number of aryl methyl sites for hydroxylation is 1. The topological polar surface area (TPSA) is 63.1 Å². The predicted octanol–water partition coefficient (Wildman–Crippen LogP) is 2.86. The van der Waals surface area contributed by atoms with Gasteiger partial charge in [0.15, 0.2) is 0 Å². The summed E-state index contributed by atoms with van der Waals surface area (Å²) in [6, 6.07) is 3.83. The minimum atomic E-state index is -0.00274. The molecule has 2 aliphatic carbocycles. The van der Waals surface area contributed by atoms with E-state index in [0.717, 1.165) is 36.2 Å². The zero-order valence-electron chi connectivity index (χ0n) is 14.4. The Kier molecular flexibility index (Phi) is 3.42. The van der Waals surface area contributed by atoms with E-state index in [9.17, 15) is 4.79 Å². The van der Waals surface area contributed by atoms with Crippen molar-refractivity contribution in [1.82, 2.24) is 18.8 Å². The third-order valence-electron chi connectivity index (χ3n) is 6.35. The molecule has 5 rings (SSSR count). The van der Waals surface area contributed by atoms with E-state index in [4.69, 9.17) is 4.98 Å². The maximum absolute atomic E-state index is 12.8. The summed E-state index contributed by atoms with van der Waals surface area (Å²) in [5, 5.41) is 4.60. The van der Waals surface area contributed by atoms with Gasteiger partial charge in [0.25, 0.3) is 5.91 Å². The highest BCUT2D eigenvalue weighted by Gasteiger charge is 2.54. The molecule has 1 aliphatic heterocycles. The molecular formula is C18H23N5OS. The highest BCUT2D eigenvalue weighted by atomic mass is 32.1. The maximum Gasteiger partial charge on any atom is 0.270 e. The summed E-state index contributed by atoms with van der Waals surface area (Å²) in [5.74, 6) is 2.24. The van der Waals surface area contributed by atoms with Gasteiger partial charge in [0.05, 0.1) is 5.54 Å². The molecule has 1 saturated heterocycles. The van der Waals surface area contributed by atoms with Crippen LogP contribution in [-0.4, -0.2) is 43.4 Å². The van der Waals surface area contributed by atoms with Crippen LogP contribution in [-0.2, 0) is 7.05 Å². The van der Waals surface area contributed by atoms with E-state index in [0.29, 0.717) is 11.8 Å². The van der Waals surface area contributed by atoms with Gasteiger partial charge in [0.1, 0.15) is 11.5 Å². The predicted molar refractivity (Wildman–Crippen MR) is 96.9 cm³/mol. The van der Waals surface area contributed by atoms with E-state index in [1.165, 1.54) is 37.2 Å². The van der Waals surface area contributed by atoms with Crippen molar-refractivity contribution >= 4 is 22.6 Å². The van der Waals surface area contributed by atoms with Crippen LogP contribution in [0.2, 0.25) is 0 Å². The number of fused-ring (bicyclic) bond motifs is 1. The van der Waals surface area contributed by atoms with Crippen LogP contribution in [0.5, 0.6) is 0 Å². The molecule has 3 heterocycles. The number of likely N-dealkylation sites (tertiary alicyclic amines) is 1. The van der Waals surface area contributed by atoms with E-state index in [1.54, 1.807) is 0 Å². The fourth-order valence-electron chi connectivity index (χ4n) is 4.38. The second-order valence-electron chi connectivity index (χ2n) is 7.79. The Hall–Kier alpha value is -1.89. The van der Waals surface area contributed by atoms with Crippen molar-refractivity contribution in [2.75, 3.05) is 18.4 Å². The largest absolute Gasteiger partial charge is 0.353 e. The Morgan fingerprint density at radius 3 is 2.92 bits per heavy atom. The zero-order valence-corrected chi connectivity index (χ0v) is 15.3. The molecule has 0 radical (unpaired) electrons. The molecule has 0 bridgehead atoms. The smallest absolute Gasteiger partial charge is 0.270 e. The Balaban J connectivity index is 1.31. The molecule has 0 aromatic carbocycles. The van der Waals surface area contributed by atoms with Crippen molar-refractivity contribution in [3.05, 3.63) is 29.8 Å². The van der Waals surface area contributed by atoms with Gasteiger partial charge in [0, 0.05) is 49.7 Å². The Morgan fingerprint density at radius 2 is 2.28 bits per heavy atom. The summed E-state index contributed by atoms with van der Waals surface area (Å²) in [7, 11) is 1.93. The second kappa shape index (κ2) is 5.56. The van der Waals surface area contributed by atoms with Gasteiger partial charge in [-0.1, -0.05) is 6.42 Å². The first-order valence-corrected chi connectivity index (χ1v) is 9.94. The fourth-order valence-corrected chi connectivity index (χ4v) is 5.13. The van der Waals surface area contributed by atoms with Crippen LogP contribution < -0.4 is 5.32 Å². The highest BCUT2D eigenvalue weighted by molar-refractivity contribution is 7.09. The van der Waals surface area contributed by atoms with Crippen molar-refractivity contribution in [3.63, 3.8) is 0 Å². The van der Waals surface area contributed by atoms with Crippen molar-refractivity contribution in [2.45, 2.75) is 43.6 Å². The molecule has 0 spiro atoms. The lowest BCUT2D eigenvalue weighted by Gasteiger charge is -2.44. The minimum Gasteiger partial charge on any atom is -0.353 e. The van der Waals surface area contributed by atoms with Gasteiger partial charge in [-0.2, -0.15) is 4.37 Å². The molecule has 1 N–H and O–H groups in total. The van der Waals surface area contributed by atoms with Gasteiger partial charge >= 0.3 is 0 Å². The van der Waals surface area contributed by atoms with Crippen molar-refractivity contribution < 1.29 is 4.79 Å². The molecule has 2 atom stereocenters. The quantitative estimate of drug-likeness (QED) is 0.914. The van der Waals surface area contributed by atoms with E-state index in [1.807, 2.05) is 34.8 Å². The third kappa shape index (κ3) is 2.39. The second-order valence-corrected chi connectivity index (χ2v) is 8.54. The van der Waals surface area contributed by atoms with E-state index in [-0.39, 0.29) is 11.4 Å². The van der Waals surface area contributed by atoms with Crippen LogP contribution in [0.1, 0.15) is 54.3 Å². The van der Waals surface area contributed by atoms with Crippen LogP contribution in [0.3, 0.4) is 0 Å². The normalized spacial score (nSPS) is 28.4. The molecule has 2 saturated carbocycles. The van der Waals surface area contributed by atoms with Gasteiger partial charge in [-0.25, -0.2) is 4.98 Å². The summed E-state index contributed by atoms with van der Waals surface area (Å²) in [6.07, 6.45) is 7.96. The van der Waals surface area contributed by atoms with Gasteiger partial charge in [-0.05, 0) is 37.8 Å². The van der Waals surface area contributed by atoms with Crippen LogP contribution in [0.25, 0.3) is 0 Å².